The van der Waals surface area contributed by atoms with Crippen molar-refractivity contribution in [2.45, 2.75) is 51.1 Å². The Balaban J connectivity index is 2.15. The second-order valence-electron chi connectivity index (χ2n) is 6.43. The minimum atomic E-state index is 0.0216. The summed E-state index contributed by atoms with van der Waals surface area (Å²) in [7, 11) is 4.21. The molecule has 0 fully saturated rings. The summed E-state index contributed by atoms with van der Waals surface area (Å²) in [6.07, 6.45) is 4.76. The third-order valence-electron chi connectivity index (χ3n) is 4.81. The Hall–Kier alpha value is -0.900. The van der Waals surface area contributed by atoms with Gasteiger partial charge in [0.2, 0.25) is 0 Å². The number of aryl methyl sites for hydroxylation is 2. The molecule has 0 aliphatic heterocycles. The summed E-state index contributed by atoms with van der Waals surface area (Å²) in [5.74, 6) is 5.78. The highest BCUT2D eigenvalue weighted by Gasteiger charge is 2.31. The monoisotopic (exact) mass is 261 g/mol. The van der Waals surface area contributed by atoms with Gasteiger partial charge in [-0.3, -0.25) is 11.3 Å². The Morgan fingerprint density at radius 1 is 1.26 bits per heavy atom. The van der Waals surface area contributed by atoms with Gasteiger partial charge < -0.3 is 4.90 Å². The van der Waals surface area contributed by atoms with Crippen LogP contribution in [0.1, 0.15) is 37.0 Å². The normalized spacial score (nSPS) is 16.7. The fourth-order valence-corrected chi connectivity index (χ4v) is 2.81. The van der Waals surface area contributed by atoms with Crippen LogP contribution in [-0.4, -0.2) is 30.6 Å². The first-order valence-corrected chi connectivity index (χ1v) is 7.19. The van der Waals surface area contributed by atoms with Crippen molar-refractivity contribution in [2.24, 2.45) is 5.84 Å². The van der Waals surface area contributed by atoms with Gasteiger partial charge in [0.1, 0.15) is 0 Å². The van der Waals surface area contributed by atoms with Gasteiger partial charge in [0.25, 0.3) is 0 Å². The molecule has 0 amide bonds. The lowest BCUT2D eigenvalue weighted by Gasteiger charge is -2.40. The van der Waals surface area contributed by atoms with E-state index in [4.69, 9.17) is 5.84 Å². The Morgan fingerprint density at radius 2 is 1.95 bits per heavy atom. The Morgan fingerprint density at radius 3 is 2.58 bits per heavy atom. The minimum absolute atomic E-state index is 0.0216. The summed E-state index contributed by atoms with van der Waals surface area (Å²) in [6.45, 7) is 4.45. The number of benzene rings is 1. The molecule has 0 saturated heterocycles. The van der Waals surface area contributed by atoms with Gasteiger partial charge in [0, 0.05) is 11.6 Å². The first kappa shape index (κ1) is 14.5. The van der Waals surface area contributed by atoms with Gasteiger partial charge in [-0.2, -0.15) is 0 Å². The maximum atomic E-state index is 5.78. The molecular weight excluding hydrogens is 234 g/mol. The van der Waals surface area contributed by atoms with Crippen molar-refractivity contribution in [1.29, 1.82) is 0 Å². The molecule has 0 heterocycles. The van der Waals surface area contributed by atoms with Gasteiger partial charge >= 0.3 is 0 Å². The molecule has 1 aromatic rings. The zero-order valence-corrected chi connectivity index (χ0v) is 12.7. The zero-order chi connectivity index (χ0) is 14.0. The Kier molecular flexibility index (Phi) is 4.29. The number of likely N-dealkylation sites (N-methyl/N-ethyl adjacent to an activating group) is 1. The second-order valence-corrected chi connectivity index (χ2v) is 6.43. The first-order valence-electron chi connectivity index (χ1n) is 7.19. The highest BCUT2D eigenvalue weighted by molar-refractivity contribution is 5.35. The third-order valence-corrected chi connectivity index (χ3v) is 4.81. The fraction of sp³-hybridized carbons (Fsp3) is 0.625. The van der Waals surface area contributed by atoms with Gasteiger partial charge in [0.15, 0.2) is 0 Å². The van der Waals surface area contributed by atoms with E-state index in [1.165, 1.54) is 36.0 Å². The maximum Gasteiger partial charge on any atom is 0.0429 e. The number of hydrazine groups is 1. The molecule has 0 bridgehead atoms. The van der Waals surface area contributed by atoms with Gasteiger partial charge in [-0.15, -0.1) is 0 Å². The largest absolute Gasteiger partial charge is 0.303 e. The van der Waals surface area contributed by atoms with Crippen LogP contribution < -0.4 is 11.3 Å². The number of hydrogen-bond donors (Lipinski definition) is 2. The van der Waals surface area contributed by atoms with Gasteiger partial charge in [-0.05, 0) is 70.3 Å². The van der Waals surface area contributed by atoms with E-state index in [9.17, 15) is 0 Å². The van der Waals surface area contributed by atoms with Crippen LogP contribution in [-0.2, 0) is 19.3 Å². The van der Waals surface area contributed by atoms with E-state index in [1.54, 1.807) is 0 Å². The number of hydrogen-bond acceptors (Lipinski definition) is 3. The van der Waals surface area contributed by atoms with E-state index in [0.717, 1.165) is 6.42 Å². The van der Waals surface area contributed by atoms with E-state index >= 15 is 0 Å². The Labute approximate surface area is 117 Å². The van der Waals surface area contributed by atoms with E-state index in [1.807, 2.05) is 0 Å². The molecule has 1 unspecified atom stereocenters. The van der Waals surface area contributed by atoms with Gasteiger partial charge in [-0.25, -0.2) is 0 Å². The molecule has 0 saturated carbocycles. The highest BCUT2D eigenvalue weighted by atomic mass is 15.3. The number of rotatable bonds is 5. The average Bonchev–Trinajstić information content (AvgIpc) is 2.82. The van der Waals surface area contributed by atoms with Crippen LogP contribution in [0.3, 0.4) is 0 Å². The third kappa shape index (κ3) is 2.99. The van der Waals surface area contributed by atoms with Gasteiger partial charge in [-0.1, -0.05) is 18.2 Å². The van der Waals surface area contributed by atoms with Crippen LogP contribution in [0.4, 0.5) is 0 Å². The summed E-state index contributed by atoms with van der Waals surface area (Å²) in [5.41, 5.74) is 7.48. The van der Waals surface area contributed by atoms with Crippen molar-refractivity contribution in [3.8, 4) is 0 Å². The average molecular weight is 261 g/mol. The van der Waals surface area contributed by atoms with Crippen LogP contribution in [0.2, 0.25) is 0 Å². The first-order chi connectivity index (χ1) is 8.95. The molecule has 0 spiro atoms. The maximum absolute atomic E-state index is 5.78. The summed E-state index contributed by atoms with van der Waals surface area (Å²) in [4.78, 5) is 2.23. The standard InChI is InChI=1S/C16H27N3/c1-16(2,19(3)4)15(18-17)11-12-8-9-13-6-5-7-14(13)10-12/h8-10,15,18H,5-7,11,17H2,1-4H3. The lowest BCUT2D eigenvalue weighted by Crippen LogP contribution is -2.58. The van der Waals surface area contributed by atoms with Crippen molar-refractivity contribution >= 4 is 0 Å². The lowest BCUT2D eigenvalue weighted by atomic mass is 9.88. The molecule has 106 valence electrons. The number of nitrogens with one attached hydrogen (secondary N) is 1. The van der Waals surface area contributed by atoms with Crippen LogP contribution >= 0.6 is 0 Å². The number of fused-ring (bicyclic) bond motifs is 1. The summed E-state index contributed by atoms with van der Waals surface area (Å²) >= 11 is 0. The highest BCUT2D eigenvalue weighted by Crippen LogP contribution is 2.25. The molecule has 0 aromatic heterocycles. The smallest absolute Gasteiger partial charge is 0.0429 e. The summed E-state index contributed by atoms with van der Waals surface area (Å²) in [6, 6.07) is 7.17. The lowest BCUT2D eigenvalue weighted by molar-refractivity contribution is 0.137. The van der Waals surface area contributed by atoms with Crippen LogP contribution in [0.5, 0.6) is 0 Å². The molecule has 19 heavy (non-hydrogen) atoms. The molecule has 1 aliphatic carbocycles. The second kappa shape index (κ2) is 5.61. The molecule has 3 heteroatoms. The van der Waals surface area contributed by atoms with Crippen LogP contribution in [0, 0.1) is 0 Å². The van der Waals surface area contributed by atoms with Crippen molar-refractivity contribution in [1.82, 2.24) is 10.3 Å². The quantitative estimate of drug-likeness (QED) is 0.628. The fourth-order valence-electron chi connectivity index (χ4n) is 2.81. The minimum Gasteiger partial charge on any atom is -0.303 e. The topological polar surface area (TPSA) is 41.3 Å². The molecule has 1 aliphatic rings. The summed E-state index contributed by atoms with van der Waals surface area (Å²) in [5, 5.41) is 0. The predicted molar refractivity (Wildman–Crippen MR) is 81.0 cm³/mol. The van der Waals surface area contributed by atoms with Gasteiger partial charge in [0.05, 0.1) is 0 Å². The SMILES string of the molecule is CN(C)C(C)(C)C(Cc1ccc2c(c1)CCC2)NN. The van der Waals surface area contributed by atoms with Crippen molar-refractivity contribution in [2.75, 3.05) is 14.1 Å². The predicted octanol–water partition coefficient (Wildman–Crippen LogP) is 1.89. The Bertz CT molecular complexity index is 438. The van der Waals surface area contributed by atoms with E-state index in [0.29, 0.717) is 0 Å². The molecule has 0 radical (unpaired) electrons. The molecular formula is C16H27N3. The van der Waals surface area contributed by atoms with E-state index < -0.39 is 0 Å². The van der Waals surface area contributed by atoms with E-state index in [2.05, 4.69) is 56.5 Å². The molecule has 3 nitrogen and oxygen atoms in total. The molecule has 1 atom stereocenters. The van der Waals surface area contributed by atoms with Crippen molar-refractivity contribution in [3.63, 3.8) is 0 Å². The number of nitrogens with zero attached hydrogens (tertiary/aromatic N) is 1. The molecule has 3 N–H and O–H groups in total. The van der Waals surface area contributed by atoms with Crippen LogP contribution in [0.25, 0.3) is 0 Å². The van der Waals surface area contributed by atoms with Crippen LogP contribution in [0.15, 0.2) is 18.2 Å². The van der Waals surface area contributed by atoms with Crippen molar-refractivity contribution < 1.29 is 0 Å². The molecule has 1 aromatic carbocycles. The molecule has 2 rings (SSSR count). The van der Waals surface area contributed by atoms with Crippen molar-refractivity contribution in [3.05, 3.63) is 34.9 Å². The zero-order valence-electron chi connectivity index (χ0n) is 12.7. The summed E-state index contributed by atoms with van der Waals surface area (Å²) < 4.78 is 0. The van der Waals surface area contributed by atoms with E-state index in [-0.39, 0.29) is 11.6 Å². The number of nitrogens with two attached hydrogens (primary N) is 1.